The molecule has 0 radical (unpaired) electrons. The number of aromatic carboxylic acids is 1. The van der Waals surface area contributed by atoms with Crippen molar-refractivity contribution in [1.29, 1.82) is 0 Å². The predicted octanol–water partition coefficient (Wildman–Crippen LogP) is 4.37. The molecule has 0 aliphatic rings. The van der Waals surface area contributed by atoms with Crippen LogP contribution in [0, 0.1) is 0 Å². The van der Waals surface area contributed by atoms with Crippen LogP contribution in [-0.2, 0) is 0 Å². The molecule has 1 N–H and O–H groups in total. The van der Waals surface area contributed by atoms with Crippen molar-refractivity contribution in [1.82, 2.24) is 0 Å². The molecule has 19 heavy (non-hydrogen) atoms. The second-order valence-corrected chi connectivity index (χ2v) is 4.68. The van der Waals surface area contributed by atoms with E-state index in [1.54, 1.807) is 30.3 Å². The van der Waals surface area contributed by atoms with E-state index >= 15 is 0 Å². The largest absolute Gasteiger partial charge is 0.497 e. The quantitative estimate of drug-likeness (QED) is 0.915. The fourth-order valence-corrected chi connectivity index (χ4v) is 2.28. The Morgan fingerprint density at radius 1 is 1.11 bits per heavy atom. The highest BCUT2D eigenvalue weighted by molar-refractivity contribution is 6.36. The lowest BCUT2D eigenvalue weighted by molar-refractivity contribution is 0.0697. The van der Waals surface area contributed by atoms with Crippen LogP contribution in [0.15, 0.2) is 36.4 Å². The van der Waals surface area contributed by atoms with Crippen LogP contribution in [0.2, 0.25) is 10.0 Å². The molecule has 0 aliphatic heterocycles. The highest BCUT2D eigenvalue weighted by Crippen LogP contribution is 2.34. The maximum absolute atomic E-state index is 11.3. The monoisotopic (exact) mass is 296 g/mol. The molecule has 0 fully saturated rings. The zero-order chi connectivity index (χ0) is 14.0. The van der Waals surface area contributed by atoms with Crippen LogP contribution in [0.1, 0.15) is 10.4 Å². The van der Waals surface area contributed by atoms with Crippen molar-refractivity contribution >= 4 is 29.2 Å². The maximum atomic E-state index is 11.3. The molecule has 5 heteroatoms. The molecule has 0 aliphatic carbocycles. The van der Waals surface area contributed by atoms with Crippen LogP contribution in [0.25, 0.3) is 11.1 Å². The number of benzene rings is 2. The minimum Gasteiger partial charge on any atom is -0.497 e. The van der Waals surface area contributed by atoms with Crippen molar-refractivity contribution in [3.63, 3.8) is 0 Å². The summed E-state index contributed by atoms with van der Waals surface area (Å²) in [7, 11) is 1.48. The van der Waals surface area contributed by atoms with E-state index in [2.05, 4.69) is 0 Å². The van der Waals surface area contributed by atoms with Gasteiger partial charge in [0.25, 0.3) is 0 Å². The first-order chi connectivity index (χ1) is 9.02. The number of hydrogen-bond donors (Lipinski definition) is 1. The first-order valence-electron chi connectivity index (χ1n) is 5.39. The van der Waals surface area contributed by atoms with Gasteiger partial charge in [-0.15, -0.1) is 0 Å². The summed E-state index contributed by atoms with van der Waals surface area (Å²) >= 11 is 11.9. The van der Waals surface area contributed by atoms with Gasteiger partial charge in [-0.1, -0.05) is 29.3 Å². The molecule has 0 heterocycles. The van der Waals surface area contributed by atoms with Crippen LogP contribution in [0.3, 0.4) is 0 Å². The van der Waals surface area contributed by atoms with Gasteiger partial charge in [0.1, 0.15) is 5.75 Å². The smallest absolute Gasteiger partial charge is 0.336 e. The zero-order valence-corrected chi connectivity index (χ0v) is 11.5. The Kier molecular flexibility index (Phi) is 3.98. The van der Waals surface area contributed by atoms with Crippen molar-refractivity contribution in [2.45, 2.75) is 0 Å². The molecule has 2 aromatic rings. The Balaban J connectivity index is 2.64. The number of carbonyl (C=O) groups is 1. The van der Waals surface area contributed by atoms with Gasteiger partial charge in [0.15, 0.2) is 0 Å². The lowest BCUT2D eigenvalue weighted by Gasteiger charge is -2.10. The van der Waals surface area contributed by atoms with Gasteiger partial charge in [-0.05, 0) is 35.9 Å². The van der Waals surface area contributed by atoms with E-state index < -0.39 is 5.97 Å². The van der Waals surface area contributed by atoms with Crippen LogP contribution >= 0.6 is 23.2 Å². The van der Waals surface area contributed by atoms with E-state index in [0.29, 0.717) is 26.9 Å². The number of carboxylic acid groups (broad SMARTS) is 1. The Labute approximate surface area is 120 Å². The van der Waals surface area contributed by atoms with Gasteiger partial charge in [-0.25, -0.2) is 4.79 Å². The average molecular weight is 297 g/mol. The fourth-order valence-electron chi connectivity index (χ4n) is 1.77. The second kappa shape index (κ2) is 5.51. The molecule has 0 saturated heterocycles. The standard InChI is InChI=1S/C14H10Cl2O3/c1-19-9-3-5-10(12(7-9)14(17)18)11-4-2-8(15)6-13(11)16/h2-7H,1H3,(H,17,18). The second-order valence-electron chi connectivity index (χ2n) is 3.84. The Bertz CT molecular complexity index is 639. The predicted molar refractivity (Wildman–Crippen MR) is 75.4 cm³/mol. The normalized spacial score (nSPS) is 10.3. The molecule has 0 spiro atoms. The van der Waals surface area contributed by atoms with Crippen molar-refractivity contribution in [2.75, 3.05) is 7.11 Å². The molecule has 0 atom stereocenters. The van der Waals surface area contributed by atoms with Gasteiger partial charge in [0.2, 0.25) is 0 Å². The Morgan fingerprint density at radius 3 is 2.37 bits per heavy atom. The molecule has 3 nitrogen and oxygen atoms in total. The van der Waals surface area contributed by atoms with E-state index in [1.807, 2.05) is 0 Å². The van der Waals surface area contributed by atoms with E-state index in [-0.39, 0.29) is 5.56 Å². The molecule has 0 aromatic heterocycles. The van der Waals surface area contributed by atoms with E-state index in [9.17, 15) is 9.90 Å². The molecule has 0 bridgehead atoms. The lowest BCUT2D eigenvalue weighted by atomic mass is 9.99. The SMILES string of the molecule is COc1ccc(-c2ccc(Cl)cc2Cl)c(C(=O)O)c1. The maximum Gasteiger partial charge on any atom is 0.336 e. The Hall–Kier alpha value is -1.71. The molecule has 0 unspecified atom stereocenters. The van der Waals surface area contributed by atoms with Crippen molar-refractivity contribution < 1.29 is 14.6 Å². The van der Waals surface area contributed by atoms with Gasteiger partial charge in [-0.2, -0.15) is 0 Å². The first kappa shape index (κ1) is 13.7. The third-order valence-electron chi connectivity index (χ3n) is 2.68. The number of rotatable bonds is 3. The van der Waals surface area contributed by atoms with Crippen molar-refractivity contribution in [2.24, 2.45) is 0 Å². The summed E-state index contributed by atoms with van der Waals surface area (Å²) in [6.07, 6.45) is 0. The van der Waals surface area contributed by atoms with Crippen LogP contribution in [-0.4, -0.2) is 18.2 Å². The highest BCUT2D eigenvalue weighted by Gasteiger charge is 2.15. The average Bonchev–Trinajstić information content (AvgIpc) is 2.38. The summed E-state index contributed by atoms with van der Waals surface area (Å²) in [4.78, 5) is 11.3. The summed E-state index contributed by atoms with van der Waals surface area (Å²) in [5, 5.41) is 10.2. The van der Waals surface area contributed by atoms with E-state index in [1.165, 1.54) is 13.2 Å². The van der Waals surface area contributed by atoms with Crippen LogP contribution in [0.4, 0.5) is 0 Å². The van der Waals surface area contributed by atoms with Gasteiger partial charge in [-0.3, -0.25) is 0 Å². The zero-order valence-electron chi connectivity index (χ0n) is 9.98. The fraction of sp³-hybridized carbons (Fsp3) is 0.0714. The van der Waals surface area contributed by atoms with Gasteiger partial charge in [0.05, 0.1) is 12.7 Å². The molecule has 0 amide bonds. The third kappa shape index (κ3) is 2.83. The molecular weight excluding hydrogens is 287 g/mol. The molecule has 2 rings (SSSR count). The molecular formula is C14H10Cl2O3. The van der Waals surface area contributed by atoms with Gasteiger partial charge >= 0.3 is 5.97 Å². The van der Waals surface area contributed by atoms with Crippen LogP contribution in [0.5, 0.6) is 5.75 Å². The summed E-state index contributed by atoms with van der Waals surface area (Å²) < 4.78 is 5.03. The summed E-state index contributed by atoms with van der Waals surface area (Å²) in [6, 6.07) is 9.75. The number of hydrogen-bond acceptors (Lipinski definition) is 2. The first-order valence-corrected chi connectivity index (χ1v) is 6.15. The molecule has 0 saturated carbocycles. The highest BCUT2D eigenvalue weighted by atomic mass is 35.5. The Morgan fingerprint density at radius 2 is 1.79 bits per heavy atom. The van der Waals surface area contributed by atoms with Crippen molar-refractivity contribution in [3.05, 3.63) is 52.0 Å². The van der Waals surface area contributed by atoms with Crippen LogP contribution < -0.4 is 4.74 Å². The summed E-state index contributed by atoms with van der Waals surface area (Å²) in [5.41, 5.74) is 1.27. The minimum atomic E-state index is -1.04. The number of ether oxygens (including phenoxy) is 1. The van der Waals surface area contributed by atoms with E-state index in [0.717, 1.165) is 0 Å². The lowest BCUT2D eigenvalue weighted by Crippen LogP contribution is -2.00. The topological polar surface area (TPSA) is 46.5 Å². The molecule has 2 aromatic carbocycles. The summed E-state index contributed by atoms with van der Waals surface area (Å²) in [5.74, 6) is -0.564. The van der Waals surface area contributed by atoms with Crippen molar-refractivity contribution in [3.8, 4) is 16.9 Å². The van der Waals surface area contributed by atoms with Gasteiger partial charge < -0.3 is 9.84 Å². The minimum absolute atomic E-state index is 0.128. The number of carboxylic acids is 1. The number of halogens is 2. The number of methoxy groups -OCH3 is 1. The third-order valence-corrected chi connectivity index (χ3v) is 3.23. The molecule has 98 valence electrons. The van der Waals surface area contributed by atoms with E-state index in [4.69, 9.17) is 27.9 Å². The van der Waals surface area contributed by atoms with Gasteiger partial charge in [0, 0.05) is 15.6 Å². The summed E-state index contributed by atoms with van der Waals surface area (Å²) in [6.45, 7) is 0.